The van der Waals surface area contributed by atoms with Gasteiger partial charge in [-0.3, -0.25) is 4.90 Å². The maximum atomic E-state index is 12.2. The van der Waals surface area contributed by atoms with Gasteiger partial charge in [0.25, 0.3) is 0 Å². The van der Waals surface area contributed by atoms with Gasteiger partial charge in [-0.25, -0.2) is 9.59 Å². The molecule has 0 aliphatic carbocycles. The number of aldehydes is 1. The van der Waals surface area contributed by atoms with Crippen molar-refractivity contribution in [3.63, 3.8) is 0 Å². The van der Waals surface area contributed by atoms with E-state index < -0.39 is 23.8 Å². The van der Waals surface area contributed by atoms with Crippen LogP contribution in [0.15, 0.2) is 30.3 Å². The first kappa shape index (κ1) is 18.8. The van der Waals surface area contributed by atoms with Crippen LogP contribution in [0.25, 0.3) is 0 Å². The first-order chi connectivity index (χ1) is 11.8. The van der Waals surface area contributed by atoms with Crippen molar-refractivity contribution in [2.24, 2.45) is 0 Å². The number of hydrogen-bond acceptors (Lipinski definition) is 5. The molecule has 25 heavy (non-hydrogen) atoms. The van der Waals surface area contributed by atoms with Gasteiger partial charge in [0.15, 0.2) is 0 Å². The van der Waals surface area contributed by atoms with Crippen LogP contribution in [0.4, 0.5) is 9.59 Å². The predicted octanol–water partition coefficient (Wildman–Crippen LogP) is 2.44. The summed E-state index contributed by atoms with van der Waals surface area (Å²) in [5.74, 6) is 0. The average Bonchev–Trinajstić information content (AvgIpc) is 2.58. The molecule has 0 aromatic heterocycles. The minimum absolute atomic E-state index is 0.0936. The Labute approximate surface area is 147 Å². The lowest BCUT2D eigenvalue weighted by Gasteiger charge is -2.38. The molecule has 1 aliphatic rings. The molecule has 7 nitrogen and oxygen atoms in total. The minimum Gasteiger partial charge on any atom is -0.445 e. The van der Waals surface area contributed by atoms with Crippen molar-refractivity contribution in [3.8, 4) is 0 Å². The van der Waals surface area contributed by atoms with Gasteiger partial charge in [-0.05, 0) is 26.3 Å². The summed E-state index contributed by atoms with van der Waals surface area (Å²) in [6.07, 6.45) is -0.401. The summed E-state index contributed by atoms with van der Waals surface area (Å²) in [6.45, 7) is 6.05. The van der Waals surface area contributed by atoms with Crippen LogP contribution in [-0.4, -0.2) is 59.5 Å². The normalized spacial score (nSPS) is 17.8. The number of benzene rings is 1. The van der Waals surface area contributed by atoms with Crippen molar-refractivity contribution in [2.45, 2.75) is 39.0 Å². The van der Waals surface area contributed by atoms with Crippen LogP contribution < -0.4 is 0 Å². The second-order valence-electron chi connectivity index (χ2n) is 6.86. The van der Waals surface area contributed by atoms with Gasteiger partial charge >= 0.3 is 12.2 Å². The van der Waals surface area contributed by atoms with Crippen LogP contribution in [0.1, 0.15) is 26.3 Å². The number of carbonyl (C=O) groups is 3. The molecule has 0 spiro atoms. The third kappa shape index (κ3) is 5.48. The molecule has 0 N–H and O–H groups in total. The average molecular weight is 348 g/mol. The van der Waals surface area contributed by atoms with Crippen molar-refractivity contribution in [3.05, 3.63) is 35.9 Å². The second kappa shape index (κ2) is 8.00. The molecule has 1 heterocycles. The number of piperazine rings is 1. The molecular formula is C18H24N2O5. The van der Waals surface area contributed by atoms with Crippen molar-refractivity contribution < 1.29 is 23.9 Å². The fraction of sp³-hybridized carbons (Fsp3) is 0.500. The van der Waals surface area contributed by atoms with E-state index in [0.29, 0.717) is 6.29 Å². The van der Waals surface area contributed by atoms with Crippen LogP contribution in [0.5, 0.6) is 0 Å². The number of nitrogens with zero attached hydrogens (tertiary/aromatic N) is 2. The van der Waals surface area contributed by atoms with Gasteiger partial charge in [-0.15, -0.1) is 0 Å². The van der Waals surface area contributed by atoms with E-state index in [-0.39, 0.29) is 26.2 Å². The standard InChI is InChI=1S/C18H24N2O5/c1-18(2,3)25-17(23)20-10-9-19(11-15(20)12-21)16(22)24-13-14-7-5-4-6-8-14/h4-8,12,15H,9-11,13H2,1-3H3. The molecular weight excluding hydrogens is 324 g/mol. The summed E-state index contributed by atoms with van der Waals surface area (Å²) >= 11 is 0. The van der Waals surface area contributed by atoms with E-state index in [9.17, 15) is 14.4 Å². The van der Waals surface area contributed by atoms with Crippen molar-refractivity contribution >= 4 is 18.5 Å². The molecule has 0 bridgehead atoms. The van der Waals surface area contributed by atoms with Gasteiger partial charge in [0.2, 0.25) is 0 Å². The summed E-state index contributed by atoms with van der Waals surface area (Å²) < 4.78 is 10.6. The Morgan fingerprint density at radius 1 is 1.16 bits per heavy atom. The topological polar surface area (TPSA) is 76.2 Å². The third-order valence-electron chi connectivity index (χ3n) is 3.67. The number of rotatable bonds is 3. The third-order valence-corrected chi connectivity index (χ3v) is 3.67. The number of ether oxygens (including phenoxy) is 2. The Bertz CT molecular complexity index is 612. The molecule has 0 radical (unpaired) electrons. The highest BCUT2D eigenvalue weighted by Gasteiger charge is 2.35. The molecule has 1 atom stereocenters. The van der Waals surface area contributed by atoms with Crippen LogP contribution in [-0.2, 0) is 20.9 Å². The Morgan fingerprint density at radius 3 is 2.44 bits per heavy atom. The molecule has 1 aliphatic heterocycles. The highest BCUT2D eigenvalue weighted by Crippen LogP contribution is 2.16. The molecule has 2 rings (SSSR count). The minimum atomic E-state index is -0.743. The molecule has 0 saturated carbocycles. The second-order valence-corrected chi connectivity index (χ2v) is 6.86. The lowest BCUT2D eigenvalue weighted by atomic mass is 10.2. The van der Waals surface area contributed by atoms with E-state index in [1.165, 1.54) is 9.80 Å². The van der Waals surface area contributed by atoms with E-state index in [1.54, 1.807) is 20.8 Å². The van der Waals surface area contributed by atoms with E-state index in [2.05, 4.69) is 0 Å². The summed E-state index contributed by atoms with van der Waals surface area (Å²) in [6, 6.07) is 8.60. The Hall–Kier alpha value is -2.57. The number of carbonyl (C=O) groups excluding carboxylic acids is 3. The van der Waals surface area contributed by atoms with Crippen LogP contribution in [0.3, 0.4) is 0 Å². The zero-order chi connectivity index (χ0) is 18.4. The summed E-state index contributed by atoms with van der Waals surface area (Å²) in [5.41, 5.74) is 0.242. The van der Waals surface area contributed by atoms with Gasteiger partial charge in [-0.1, -0.05) is 30.3 Å². The predicted molar refractivity (Wildman–Crippen MR) is 91.0 cm³/mol. The number of amides is 2. The zero-order valence-corrected chi connectivity index (χ0v) is 14.8. The lowest BCUT2D eigenvalue weighted by molar-refractivity contribution is -0.114. The highest BCUT2D eigenvalue weighted by molar-refractivity contribution is 5.76. The molecule has 1 aromatic carbocycles. The maximum absolute atomic E-state index is 12.2. The maximum Gasteiger partial charge on any atom is 0.411 e. The van der Waals surface area contributed by atoms with Crippen LogP contribution in [0.2, 0.25) is 0 Å². The van der Waals surface area contributed by atoms with E-state index in [0.717, 1.165) is 5.56 Å². The zero-order valence-electron chi connectivity index (χ0n) is 14.8. The smallest absolute Gasteiger partial charge is 0.411 e. The molecule has 1 aromatic rings. The number of hydrogen-bond donors (Lipinski definition) is 0. The molecule has 7 heteroatoms. The fourth-order valence-electron chi connectivity index (χ4n) is 2.45. The van der Waals surface area contributed by atoms with Gasteiger partial charge in [0.1, 0.15) is 24.5 Å². The van der Waals surface area contributed by atoms with Crippen LogP contribution in [0, 0.1) is 0 Å². The fourth-order valence-corrected chi connectivity index (χ4v) is 2.45. The monoisotopic (exact) mass is 348 g/mol. The summed E-state index contributed by atoms with van der Waals surface area (Å²) in [5, 5.41) is 0. The quantitative estimate of drug-likeness (QED) is 0.784. The summed E-state index contributed by atoms with van der Waals surface area (Å²) in [4.78, 5) is 38.5. The Balaban J connectivity index is 1.90. The lowest BCUT2D eigenvalue weighted by Crippen LogP contribution is -2.58. The van der Waals surface area contributed by atoms with Gasteiger partial charge in [0, 0.05) is 13.1 Å². The van der Waals surface area contributed by atoms with E-state index in [4.69, 9.17) is 9.47 Å². The Kier molecular flexibility index (Phi) is 6.01. The van der Waals surface area contributed by atoms with E-state index in [1.807, 2.05) is 30.3 Å². The SMILES string of the molecule is CC(C)(C)OC(=O)N1CCN(C(=O)OCc2ccccc2)CC1C=O. The van der Waals surface area contributed by atoms with Crippen LogP contribution >= 0.6 is 0 Å². The van der Waals surface area contributed by atoms with Gasteiger partial charge in [-0.2, -0.15) is 0 Å². The van der Waals surface area contributed by atoms with Crippen molar-refractivity contribution in [1.29, 1.82) is 0 Å². The van der Waals surface area contributed by atoms with Gasteiger partial charge < -0.3 is 19.2 Å². The molecule has 136 valence electrons. The summed E-state index contributed by atoms with van der Waals surface area (Å²) in [7, 11) is 0. The Morgan fingerprint density at radius 2 is 1.84 bits per heavy atom. The first-order valence-electron chi connectivity index (χ1n) is 8.20. The first-order valence-corrected chi connectivity index (χ1v) is 8.20. The molecule has 1 unspecified atom stereocenters. The molecule has 1 fully saturated rings. The largest absolute Gasteiger partial charge is 0.445 e. The van der Waals surface area contributed by atoms with Crippen molar-refractivity contribution in [2.75, 3.05) is 19.6 Å². The van der Waals surface area contributed by atoms with E-state index >= 15 is 0 Å². The molecule has 2 amide bonds. The van der Waals surface area contributed by atoms with Crippen molar-refractivity contribution in [1.82, 2.24) is 9.80 Å². The highest BCUT2D eigenvalue weighted by atomic mass is 16.6. The molecule has 1 saturated heterocycles. The van der Waals surface area contributed by atoms with Gasteiger partial charge in [0.05, 0.1) is 6.54 Å².